The maximum absolute atomic E-state index is 13.3. The van der Waals surface area contributed by atoms with Crippen LogP contribution in [-0.2, 0) is 0 Å². The van der Waals surface area contributed by atoms with Gasteiger partial charge in [-0.3, -0.25) is 10.1 Å². The first-order chi connectivity index (χ1) is 17.1. The van der Waals surface area contributed by atoms with Gasteiger partial charge in [0.1, 0.15) is 17.2 Å². The number of nitrogens with one attached hydrogen (secondary N) is 1. The summed E-state index contributed by atoms with van der Waals surface area (Å²) in [6.07, 6.45) is 5.64. The number of benzene rings is 2. The summed E-state index contributed by atoms with van der Waals surface area (Å²) in [5.74, 6) is 2.32. The molecule has 0 bridgehead atoms. The van der Waals surface area contributed by atoms with Crippen LogP contribution in [0.1, 0.15) is 41.4 Å². The maximum atomic E-state index is 13.3. The molecule has 5 rings (SSSR count). The molecule has 0 radical (unpaired) electrons. The zero-order chi connectivity index (χ0) is 24.2. The van der Waals surface area contributed by atoms with Gasteiger partial charge in [0.15, 0.2) is 10.3 Å². The third-order valence-corrected chi connectivity index (χ3v) is 5.88. The van der Waals surface area contributed by atoms with Gasteiger partial charge in [0.05, 0.1) is 18.4 Å². The van der Waals surface area contributed by atoms with Gasteiger partial charge in [0.25, 0.3) is 5.91 Å². The van der Waals surface area contributed by atoms with Crippen LogP contribution in [0.25, 0.3) is 11.5 Å². The van der Waals surface area contributed by atoms with Crippen LogP contribution in [0.4, 0.5) is 9.52 Å². The lowest BCUT2D eigenvalue weighted by Crippen LogP contribution is -2.13. The number of ether oxygens (including phenoxy) is 2. The van der Waals surface area contributed by atoms with E-state index in [2.05, 4.69) is 27.1 Å². The van der Waals surface area contributed by atoms with Crippen LogP contribution in [0.15, 0.2) is 65.7 Å². The second kappa shape index (κ2) is 10.1. The zero-order valence-electron chi connectivity index (χ0n) is 18.6. The summed E-state index contributed by atoms with van der Waals surface area (Å²) in [6.45, 7) is 4.12. The van der Waals surface area contributed by atoms with Gasteiger partial charge in [-0.2, -0.15) is 4.39 Å². The number of thiazole rings is 1. The van der Waals surface area contributed by atoms with Crippen molar-refractivity contribution in [2.24, 2.45) is 0 Å². The van der Waals surface area contributed by atoms with E-state index in [1.54, 1.807) is 36.4 Å². The highest BCUT2D eigenvalue weighted by Gasteiger charge is 2.29. The van der Waals surface area contributed by atoms with Crippen molar-refractivity contribution in [3.05, 3.63) is 77.9 Å². The van der Waals surface area contributed by atoms with Crippen LogP contribution in [-0.4, -0.2) is 27.7 Å². The van der Waals surface area contributed by atoms with Gasteiger partial charge in [-0.15, -0.1) is 16.8 Å². The summed E-state index contributed by atoms with van der Waals surface area (Å²) in [4.78, 5) is 16.7. The van der Waals surface area contributed by atoms with Crippen molar-refractivity contribution in [1.82, 2.24) is 15.2 Å². The molecule has 1 aliphatic carbocycles. The van der Waals surface area contributed by atoms with E-state index < -0.39 is 11.0 Å². The summed E-state index contributed by atoms with van der Waals surface area (Å²) in [5, 5.41) is 10.5. The molecular weight excluding hydrogens is 471 g/mol. The van der Waals surface area contributed by atoms with Crippen molar-refractivity contribution in [3.63, 3.8) is 0 Å². The van der Waals surface area contributed by atoms with Gasteiger partial charge in [0, 0.05) is 17.5 Å². The molecule has 1 saturated carbocycles. The van der Waals surface area contributed by atoms with Gasteiger partial charge < -0.3 is 13.9 Å². The Hall–Kier alpha value is -4.05. The average Bonchev–Trinajstić information content (AvgIpc) is 3.45. The van der Waals surface area contributed by atoms with E-state index in [9.17, 15) is 9.18 Å². The van der Waals surface area contributed by atoms with E-state index in [1.807, 2.05) is 12.1 Å². The largest absolute Gasteiger partial charge is 0.493 e. The van der Waals surface area contributed by atoms with Gasteiger partial charge in [-0.1, -0.05) is 17.4 Å². The van der Waals surface area contributed by atoms with E-state index >= 15 is 0 Å². The molecule has 0 spiro atoms. The average molecular weight is 493 g/mol. The predicted molar refractivity (Wildman–Crippen MR) is 129 cm³/mol. The van der Waals surface area contributed by atoms with E-state index in [4.69, 9.17) is 13.9 Å². The standard InChI is InChI=1S/C25H21FN4O4S/c1-2-3-12-32-18-10-11-19(22(31)28-25-27-14-21(26)35-25)20(13-18)33-17-8-6-16(7-9-17)24-30-29-23(34-24)15-4-5-15/h2,6-11,13-15H,1,3-5,12H2,(H,27,28,31). The molecule has 2 aromatic heterocycles. The first-order valence-electron chi connectivity index (χ1n) is 11.0. The lowest BCUT2D eigenvalue weighted by molar-refractivity contribution is 0.102. The maximum Gasteiger partial charge on any atom is 0.261 e. The van der Waals surface area contributed by atoms with Crippen LogP contribution in [0, 0.1) is 5.13 Å². The smallest absolute Gasteiger partial charge is 0.261 e. The number of anilines is 1. The summed E-state index contributed by atoms with van der Waals surface area (Å²) in [5.41, 5.74) is 1.01. The first-order valence-corrected chi connectivity index (χ1v) is 11.8. The second-order valence-corrected chi connectivity index (χ2v) is 8.83. The van der Waals surface area contributed by atoms with Crippen molar-refractivity contribution in [3.8, 4) is 28.7 Å². The van der Waals surface area contributed by atoms with Crippen molar-refractivity contribution in [2.75, 3.05) is 11.9 Å². The zero-order valence-corrected chi connectivity index (χ0v) is 19.4. The quantitative estimate of drug-likeness (QED) is 0.208. The van der Waals surface area contributed by atoms with Crippen LogP contribution in [0.5, 0.6) is 17.2 Å². The summed E-state index contributed by atoms with van der Waals surface area (Å²) < 4.78 is 30.8. The fourth-order valence-corrected chi connectivity index (χ4v) is 3.78. The highest BCUT2D eigenvalue weighted by Crippen LogP contribution is 2.40. The molecule has 10 heteroatoms. The number of hydrogen-bond donors (Lipinski definition) is 1. The Morgan fingerprint density at radius 1 is 1.20 bits per heavy atom. The lowest BCUT2D eigenvalue weighted by atomic mass is 10.1. The van der Waals surface area contributed by atoms with Crippen LogP contribution in [0.2, 0.25) is 0 Å². The number of rotatable bonds is 10. The van der Waals surface area contributed by atoms with Gasteiger partial charge >= 0.3 is 0 Å². The van der Waals surface area contributed by atoms with Crippen molar-refractivity contribution in [2.45, 2.75) is 25.2 Å². The monoisotopic (exact) mass is 492 g/mol. The molecule has 35 heavy (non-hydrogen) atoms. The molecule has 178 valence electrons. The highest BCUT2D eigenvalue weighted by molar-refractivity contribution is 7.14. The predicted octanol–water partition coefficient (Wildman–Crippen LogP) is 6.21. The second-order valence-electron chi connectivity index (χ2n) is 7.85. The summed E-state index contributed by atoms with van der Waals surface area (Å²) in [6, 6.07) is 12.0. The van der Waals surface area contributed by atoms with Crippen molar-refractivity contribution in [1.29, 1.82) is 0 Å². The molecule has 1 aliphatic rings. The number of halogens is 1. The van der Waals surface area contributed by atoms with E-state index in [0.29, 0.717) is 42.2 Å². The summed E-state index contributed by atoms with van der Waals surface area (Å²) in [7, 11) is 0. The fourth-order valence-electron chi connectivity index (χ4n) is 3.24. The van der Waals surface area contributed by atoms with Crippen LogP contribution < -0.4 is 14.8 Å². The van der Waals surface area contributed by atoms with Crippen LogP contribution >= 0.6 is 11.3 Å². The minimum absolute atomic E-state index is 0.152. The van der Waals surface area contributed by atoms with Gasteiger partial charge in [-0.25, -0.2) is 4.98 Å². The number of carbonyl (C=O) groups excluding carboxylic acids is 1. The molecule has 8 nitrogen and oxygen atoms in total. The van der Waals surface area contributed by atoms with Crippen LogP contribution in [0.3, 0.4) is 0 Å². The molecule has 2 aromatic carbocycles. The number of hydrogen-bond acceptors (Lipinski definition) is 8. The first kappa shape index (κ1) is 22.7. The molecule has 2 heterocycles. The lowest BCUT2D eigenvalue weighted by Gasteiger charge is -2.13. The molecular formula is C25H21FN4O4S. The Kier molecular flexibility index (Phi) is 6.53. The Balaban J connectivity index is 1.36. The third-order valence-electron chi connectivity index (χ3n) is 5.18. The Labute approximate surface area is 204 Å². The molecule has 0 atom stereocenters. The normalized spacial score (nSPS) is 12.8. The third kappa shape index (κ3) is 5.55. The van der Waals surface area contributed by atoms with E-state index in [-0.39, 0.29) is 16.4 Å². The molecule has 0 aliphatic heterocycles. The number of aromatic nitrogens is 3. The molecule has 1 N–H and O–H groups in total. The Morgan fingerprint density at radius 2 is 2.00 bits per heavy atom. The molecule has 1 fully saturated rings. The molecule has 4 aromatic rings. The Bertz CT molecular complexity index is 1350. The van der Waals surface area contributed by atoms with Crippen molar-refractivity contribution >= 4 is 22.4 Å². The van der Waals surface area contributed by atoms with Crippen molar-refractivity contribution < 1.29 is 23.1 Å². The van der Waals surface area contributed by atoms with Gasteiger partial charge in [-0.05, 0) is 55.7 Å². The topological polar surface area (TPSA) is 99.4 Å². The molecule has 0 unspecified atom stereocenters. The summed E-state index contributed by atoms with van der Waals surface area (Å²) >= 11 is 0.740. The minimum atomic E-state index is -0.492. The fraction of sp³-hybridized carbons (Fsp3) is 0.200. The van der Waals surface area contributed by atoms with E-state index in [1.165, 1.54) is 0 Å². The number of nitrogens with zero attached hydrogens (tertiary/aromatic N) is 3. The van der Waals surface area contributed by atoms with E-state index in [0.717, 1.165) is 35.9 Å². The van der Waals surface area contributed by atoms with Gasteiger partial charge in [0.2, 0.25) is 11.8 Å². The number of carbonyl (C=O) groups is 1. The number of amides is 1. The highest BCUT2D eigenvalue weighted by atomic mass is 32.1. The molecule has 1 amide bonds. The molecule has 0 saturated heterocycles. The minimum Gasteiger partial charge on any atom is -0.493 e. The Morgan fingerprint density at radius 3 is 2.71 bits per heavy atom. The SMILES string of the molecule is C=CCCOc1ccc(C(=O)Nc2ncc(F)s2)c(Oc2ccc(-c3nnc(C4CC4)o3)cc2)c1.